The third kappa shape index (κ3) is 2.56. The van der Waals surface area contributed by atoms with Crippen LogP contribution < -0.4 is 29.6 Å². The molecule has 0 aliphatic heterocycles. The van der Waals surface area contributed by atoms with Gasteiger partial charge in [-0.05, 0) is 0 Å². The van der Waals surface area contributed by atoms with Crippen molar-refractivity contribution < 1.29 is 52.1 Å². The van der Waals surface area contributed by atoms with E-state index in [1.165, 1.54) is 18.2 Å². The standard InChI is InChI=1S/C10H6O5S.Na/c11-8-5-9(16(13,14)15)10(12)7-4-2-1-3-6(7)8;/h1-5H,(H,13,14,15);/q;+1/p-1. The van der Waals surface area contributed by atoms with Crippen molar-refractivity contribution in [2.24, 2.45) is 0 Å². The van der Waals surface area contributed by atoms with Crippen LogP contribution in [0, 0.1) is 0 Å². The van der Waals surface area contributed by atoms with Gasteiger partial charge in [-0.15, -0.1) is 0 Å². The van der Waals surface area contributed by atoms with Gasteiger partial charge >= 0.3 is 29.6 Å². The van der Waals surface area contributed by atoms with E-state index in [1.54, 1.807) is 6.07 Å². The molecule has 17 heavy (non-hydrogen) atoms. The molecule has 0 unspecified atom stereocenters. The summed E-state index contributed by atoms with van der Waals surface area (Å²) in [7, 11) is -4.91. The molecule has 0 saturated heterocycles. The first-order valence-electron chi connectivity index (χ1n) is 4.27. The molecule has 0 fully saturated rings. The van der Waals surface area contributed by atoms with Crippen LogP contribution in [-0.4, -0.2) is 24.5 Å². The summed E-state index contributed by atoms with van der Waals surface area (Å²) in [6.45, 7) is 0. The molecular formula is C10H5NaO5S. The number of rotatable bonds is 1. The summed E-state index contributed by atoms with van der Waals surface area (Å²) in [5.41, 5.74) is 0.0596. The van der Waals surface area contributed by atoms with E-state index >= 15 is 0 Å². The quantitative estimate of drug-likeness (QED) is 0.411. The molecule has 0 bridgehead atoms. The van der Waals surface area contributed by atoms with Crippen molar-refractivity contribution in [2.45, 2.75) is 0 Å². The third-order valence-corrected chi connectivity index (χ3v) is 3.03. The second kappa shape index (κ2) is 4.83. The molecule has 0 aromatic heterocycles. The number of carbonyl (C=O) groups is 2. The Kier molecular flexibility index (Phi) is 4.06. The fraction of sp³-hybridized carbons (Fsp3) is 0. The van der Waals surface area contributed by atoms with Gasteiger partial charge in [0.1, 0.15) is 15.0 Å². The molecule has 0 saturated carbocycles. The molecule has 0 spiro atoms. The van der Waals surface area contributed by atoms with Gasteiger partial charge in [-0.25, -0.2) is 8.42 Å². The number of ketones is 2. The van der Waals surface area contributed by atoms with E-state index in [0.717, 1.165) is 0 Å². The minimum atomic E-state index is -4.91. The Labute approximate surface area is 120 Å². The van der Waals surface area contributed by atoms with Crippen LogP contribution in [0.5, 0.6) is 0 Å². The summed E-state index contributed by atoms with van der Waals surface area (Å²) in [4.78, 5) is 22.1. The Hall–Kier alpha value is -0.790. The second-order valence-electron chi connectivity index (χ2n) is 3.20. The molecule has 0 radical (unpaired) electrons. The van der Waals surface area contributed by atoms with Crippen LogP contribution in [0.3, 0.4) is 0 Å². The Morgan fingerprint density at radius 2 is 1.53 bits per heavy atom. The zero-order valence-electron chi connectivity index (χ0n) is 8.84. The van der Waals surface area contributed by atoms with E-state index in [2.05, 4.69) is 0 Å². The van der Waals surface area contributed by atoms with E-state index < -0.39 is 26.6 Å². The van der Waals surface area contributed by atoms with Crippen LogP contribution in [0.15, 0.2) is 35.2 Å². The van der Waals surface area contributed by atoms with Gasteiger partial charge in [0.2, 0.25) is 5.78 Å². The third-order valence-electron chi connectivity index (χ3n) is 2.19. The number of benzene rings is 1. The van der Waals surface area contributed by atoms with Crippen LogP contribution in [-0.2, 0) is 10.1 Å². The van der Waals surface area contributed by atoms with Crippen LogP contribution in [0.2, 0.25) is 0 Å². The summed E-state index contributed by atoms with van der Waals surface area (Å²) >= 11 is 0. The normalized spacial score (nSPS) is 14.8. The summed E-state index contributed by atoms with van der Waals surface area (Å²) in [5, 5.41) is 0. The van der Waals surface area contributed by atoms with Crippen molar-refractivity contribution in [2.75, 3.05) is 0 Å². The Morgan fingerprint density at radius 1 is 1.00 bits per heavy atom. The molecule has 1 aromatic carbocycles. The molecule has 0 atom stereocenters. The second-order valence-corrected chi connectivity index (χ2v) is 4.55. The van der Waals surface area contributed by atoms with Gasteiger partial charge in [-0.3, -0.25) is 9.59 Å². The molecule has 1 aromatic rings. The minimum Gasteiger partial charge on any atom is -0.744 e. The minimum absolute atomic E-state index is 0. The van der Waals surface area contributed by atoms with Gasteiger partial charge in [0.05, 0.1) is 0 Å². The monoisotopic (exact) mass is 260 g/mol. The van der Waals surface area contributed by atoms with Crippen LogP contribution in [0.25, 0.3) is 0 Å². The van der Waals surface area contributed by atoms with Crippen molar-refractivity contribution in [3.63, 3.8) is 0 Å². The Balaban J connectivity index is 0.00000144. The van der Waals surface area contributed by atoms with Crippen molar-refractivity contribution in [3.05, 3.63) is 46.4 Å². The number of allylic oxidation sites excluding steroid dienone is 2. The number of fused-ring (bicyclic) bond motifs is 1. The average Bonchev–Trinajstić information content (AvgIpc) is 2.22. The Bertz CT molecular complexity index is 630. The average molecular weight is 260 g/mol. The molecule has 1 aliphatic rings. The van der Waals surface area contributed by atoms with E-state index in [-0.39, 0.29) is 40.7 Å². The zero-order valence-corrected chi connectivity index (χ0v) is 11.7. The van der Waals surface area contributed by atoms with E-state index in [9.17, 15) is 22.6 Å². The fourth-order valence-electron chi connectivity index (χ4n) is 1.48. The molecular weight excluding hydrogens is 255 g/mol. The number of Topliss-reactive ketones (excluding diaryl/α,β-unsaturated/α-hetero) is 1. The Morgan fingerprint density at radius 3 is 2.06 bits per heavy atom. The smallest absolute Gasteiger partial charge is 0.744 e. The predicted octanol–water partition coefficient (Wildman–Crippen LogP) is -2.50. The molecule has 0 heterocycles. The topological polar surface area (TPSA) is 91.3 Å². The molecule has 1 aliphatic carbocycles. The fourth-order valence-corrected chi connectivity index (χ4v) is 2.07. The first-order valence-corrected chi connectivity index (χ1v) is 5.68. The first-order chi connectivity index (χ1) is 7.41. The van der Waals surface area contributed by atoms with Crippen LogP contribution >= 0.6 is 0 Å². The molecule has 7 heteroatoms. The zero-order chi connectivity index (χ0) is 11.9. The summed E-state index contributed by atoms with van der Waals surface area (Å²) < 4.78 is 32.3. The van der Waals surface area contributed by atoms with E-state index in [4.69, 9.17) is 0 Å². The summed E-state index contributed by atoms with van der Waals surface area (Å²) in [5.74, 6) is -1.57. The van der Waals surface area contributed by atoms with Crippen molar-refractivity contribution in [1.82, 2.24) is 0 Å². The number of hydrogen-bond acceptors (Lipinski definition) is 5. The maximum atomic E-state index is 11.6. The van der Waals surface area contributed by atoms with E-state index in [0.29, 0.717) is 6.08 Å². The van der Waals surface area contributed by atoms with Gasteiger partial charge in [0.25, 0.3) is 0 Å². The van der Waals surface area contributed by atoms with Crippen molar-refractivity contribution >= 4 is 21.7 Å². The largest absolute Gasteiger partial charge is 1.00 e. The van der Waals surface area contributed by atoms with Gasteiger partial charge in [-0.1, -0.05) is 24.3 Å². The van der Waals surface area contributed by atoms with Crippen molar-refractivity contribution in [3.8, 4) is 0 Å². The van der Waals surface area contributed by atoms with E-state index in [1.807, 2.05) is 0 Å². The van der Waals surface area contributed by atoms with Crippen LogP contribution in [0.1, 0.15) is 20.7 Å². The number of carbonyl (C=O) groups excluding carboxylic acids is 2. The molecule has 82 valence electrons. The van der Waals surface area contributed by atoms with Gasteiger partial charge in [-0.2, -0.15) is 0 Å². The maximum Gasteiger partial charge on any atom is 1.00 e. The molecule has 5 nitrogen and oxygen atoms in total. The SMILES string of the molecule is O=C1C=C(S(=O)(=O)[O-])C(=O)c2ccccc21.[Na+]. The van der Waals surface area contributed by atoms with Crippen LogP contribution in [0.4, 0.5) is 0 Å². The van der Waals surface area contributed by atoms with Crippen molar-refractivity contribution in [1.29, 1.82) is 0 Å². The molecule has 0 N–H and O–H groups in total. The number of hydrogen-bond donors (Lipinski definition) is 0. The summed E-state index contributed by atoms with van der Waals surface area (Å²) in [6.07, 6.45) is 0.576. The van der Waals surface area contributed by atoms with Gasteiger partial charge in [0.15, 0.2) is 5.78 Å². The van der Waals surface area contributed by atoms with Gasteiger partial charge in [0, 0.05) is 17.2 Å². The van der Waals surface area contributed by atoms with Gasteiger partial charge < -0.3 is 4.55 Å². The maximum absolute atomic E-state index is 11.6. The predicted molar refractivity (Wildman–Crippen MR) is 52.9 cm³/mol. The molecule has 2 rings (SSSR count). The molecule has 0 amide bonds. The first kappa shape index (κ1) is 14.3. The summed E-state index contributed by atoms with van der Waals surface area (Å²) in [6, 6.07) is 5.76.